The predicted octanol–water partition coefficient (Wildman–Crippen LogP) is 26.3. The van der Waals surface area contributed by atoms with Crippen LogP contribution < -0.4 is 9.80 Å². The number of benzene rings is 15. The SMILES string of the molecule is c1cncc(N(c2cccc(-c3ccc4c(c3)c3ccccc3n4-c3ccc(-c4ccc5c(c4)oc4c(-c6cccc(N(c7cccnc7)c7cccc(-c8ccc9c%10c(cccc8%10)-c8ccccc8-9)c7)c6)cccc45)cc3)c2)c2cccc(-c3ccc4c5c(cccc35)-c3ccccc3-4)c2)c1. The Hall–Kier alpha value is -13.7. The zero-order valence-electron chi connectivity index (χ0n) is 55.2. The van der Waals surface area contributed by atoms with Gasteiger partial charge in [-0.1, -0.05) is 218 Å². The van der Waals surface area contributed by atoms with Crippen LogP contribution in [0.25, 0.3) is 171 Å². The molecule has 15 aromatic carbocycles. The molecule has 0 amide bonds. The van der Waals surface area contributed by atoms with Gasteiger partial charge in [0.15, 0.2) is 0 Å². The monoisotopic (exact) mass is 1300 g/mol. The van der Waals surface area contributed by atoms with Crippen LogP contribution in [0.3, 0.4) is 0 Å². The van der Waals surface area contributed by atoms with E-state index in [1.54, 1.807) is 0 Å². The van der Waals surface area contributed by atoms with Gasteiger partial charge in [-0.05, 0) is 231 Å². The molecular weight excluding hydrogens is 1240 g/mol. The third-order valence-corrected chi connectivity index (χ3v) is 21.2. The molecule has 6 heteroatoms. The first-order valence-electron chi connectivity index (χ1n) is 34.8. The zero-order chi connectivity index (χ0) is 66.9. The van der Waals surface area contributed by atoms with Crippen molar-refractivity contribution in [1.82, 2.24) is 14.5 Å². The first-order valence-corrected chi connectivity index (χ1v) is 34.8. The second-order valence-electron chi connectivity index (χ2n) is 26.8. The smallest absolute Gasteiger partial charge is 0.143 e. The lowest BCUT2D eigenvalue weighted by molar-refractivity contribution is 0.670. The van der Waals surface area contributed by atoms with Crippen LogP contribution in [0.15, 0.2) is 363 Å². The van der Waals surface area contributed by atoms with Crippen molar-refractivity contribution in [3.63, 3.8) is 0 Å². The number of hydrogen-bond donors (Lipinski definition) is 0. The van der Waals surface area contributed by atoms with Crippen LogP contribution in [0.1, 0.15) is 0 Å². The van der Waals surface area contributed by atoms with E-state index in [0.717, 1.165) is 117 Å². The Morgan fingerprint density at radius 3 is 1.20 bits per heavy atom. The first-order chi connectivity index (χ1) is 50.6. The Morgan fingerprint density at radius 1 is 0.235 bits per heavy atom. The summed E-state index contributed by atoms with van der Waals surface area (Å²) in [5.41, 5.74) is 32.8. The minimum Gasteiger partial charge on any atom is -0.455 e. The average molecular weight is 1300 g/mol. The largest absolute Gasteiger partial charge is 0.455 e. The van der Waals surface area contributed by atoms with Gasteiger partial charge in [0.05, 0.1) is 34.8 Å². The van der Waals surface area contributed by atoms with Crippen molar-refractivity contribution < 1.29 is 4.42 Å². The van der Waals surface area contributed by atoms with E-state index in [1.807, 2.05) is 36.9 Å². The highest BCUT2D eigenvalue weighted by molar-refractivity contribution is 6.21. The molecule has 0 aliphatic heterocycles. The summed E-state index contributed by atoms with van der Waals surface area (Å²) in [4.78, 5) is 13.9. The highest BCUT2D eigenvalue weighted by Gasteiger charge is 2.27. The third-order valence-electron chi connectivity index (χ3n) is 21.2. The van der Waals surface area contributed by atoms with Crippen molar-refractivity contribution >= 4 is 99.4 Å². The van der Waals surface area contributed by atoms with E-state index in [2.05, 4.69) is 346 Å². The van der Waals surface area contributed by atoms with Gasteiger partial charge in [0.2, 0.25) is 0 Å². The van der Waals surface area contributed by atoms with E-state index in [1.165, 1.54) is 88.0 Å². The molecule has 0 bridgehead atoms. The summed E-state index contributed by atoms with van der Waals surface area (Å²) in [5, 5.41) is 9.69. The Bertz CT molecular complexity index is 6590. The fourth-order valence-corrected chi connectivity index (χ4v) is 16.7. The fraction of sp³-hybridized carbons (Fsp3) is 0. The molecule has 0 N–H and O–H groups in total. The first kappa shape index (κ1) is 57.4. The van der Waals surface area contributed by atoms with Gasteiger partial charge in [-0.15, -0.1) is 0 Å². The lowest BCUT2D eigenvalue weighted by atomic mass is 9.94. The maximum atomic E-state index is 7.00. The molecule has 474 valence electrons. The number of aromatic nitrogens is 3. The Balaban J connectivity index is 0.585. The Morgan fingerprint density at radius 2 is 0.637 bits per heavy atom. The number of furan rings is 1. The Kier molecular flexibility index (Phi) is 12.9. The number of rotatable bonds is 12. The number of nitrogens with zero attached hydrogens (tertiary/aromatic N) is 5. The summed E-state index contributed by atoms with van der Waals surface area (Å²) in [6.07, 6.45) is 7.56. The van der Waals surface area contributed by atoms with Gasteiger partial charge >= 0.3 is 0 Å². The van der Waals surface area contributed by atoms with Crippen molar-refractivity contribution in [2.24, 2.45) is 0 Å². The van der Waals surface area contributed by atoms with Crippen LogP contribution in [0.5, 0.6) is 0 Å². The molecule has 0 saturated carbocycles. The number of pyridine rings is 2. The molecule has 0 spiro atoms. The normalized spacial score (nSPS) is 11.9. The molecule has 19 aromatic rings. The van der Waals surface area contributed by atoms with Crippen LogP contribution >= 0.6 is 0 Å². The molecule has 4 aromatic heterocycles. The Labute approximate surface area is 588 Å². The molecule has 0 saturated heterocycles. The molecule has 0 fully saturated rings. The molecule has 102 heavy (non-hydrogen) atoms. The minimum atomic E-state index is 0.842. The lowest BCUT2D eigenvalue weighted by Crippen LogP contribution is -2.10. The second-order valence-corrected chi connectivity index (χ2v) is 26.8. The van der Waals surface area contributed by atoms with Gasteiger partial charge in [0.1, 0.15) is 11.2 Å². The molecular formula is C96H59N5O. The number of para-hydroxylation sites is 2. The van der Waals surface area contributed by atoms with Crippen LogP contribution in [0.2, 0.25) is 0 Å². The molecule has 0 atom stereocenters. The van der Waals surface area contributed by atoms with Crippen LogP contribution in [0.4, 0.5) is 34.1 Å². The van der Waals surface area contributed by atoms with Gasteiger partial charge in [-0.2, -0.15) is 0 Å². The summed E-state index contributed by atoms with van der Waals surface area (Å²) in [6, 6.07) is 122. The molecule has 4 heterocycles. The topological polar surface area (TPSA) is 50.3 Å². The minimum absolute atomic E-state index is 0.842. The molecule has 2 aliphatic carbocycles. The highest BCUT2D eigenvalue weighted by Crippen LogP contribution is 2.53. The predicted molar refractivity (Wildman–Crippen MR) is 424 cm³/mol. The van der Waals surface area contributed by atoms with Crippen molar-refractivity contribution in [1.29, 1.82) is 0 Å². The lowest BCUT2D eigenvalue weighted by Gasteiger charge is -2.26. The second kappa shape index (κ2) is 23.0. The highest BCUT2D eigenvalue weighted by atomic mass is 16.3. The summed E-state index contributed by atoms with van der Waals surface area (Å²) < 4.78 is 9.40. The van der Waals surface area contributed by atoms with E-state index >= 15 is 0 Å². The van der Waals surface area contributed by atoms with Gasteiger partial charge in [0, 0.05) is 67.9 Å². The number of hydrogen-bond acceptors (Lipinski definition) is 5. The van der Waals surface area contributed by atoms with Crippen molar-refractivity contribution in [2.45, 2.75) is 0 Å². The van der Waals surface area contributed by atoms with Gasteiger partial charge in [0.25, 0.3) is 0 Å². The number of fused-ring (bicyclic) bond motifs is 12. The maximum Gasteiger partial charge on any atom is 0.143 e. The van der Waals surface area contributed by atoms with Crippen LogP contribution in [0, 0.1) is 0 Å². The molecule has 0 unspecified atom stereocenters. The zero-order valence-corrected chi connectivity index (χ0v) is 55.2. The van der Waals surface area contributed by atoms with Crippen LogP contribution in [-0.4, -0.2) is 14.5 Å². The quantitative estimate of drug-likeness (QED) is 0.122. The van der Waals surface area contributed by atoms with E-state index in [9.17, 15) is 0 Å². The average Bonchev–Trinajstić information content (AvgIpc) is 1.57. The maximum absolute atomic E-state index is 7.00. The van der Waals surface area contributed by atoms with E-state index in [4.69, 9.17) is 4.42 Å². The van der Waals surface area contributed by atoms with E-state index < -0.39 is 0 Å². The number of anilines is 6. The van der Waals surface area contributed by atoms with Gasteiger partial charge in [-0.3, -0.25) is 9.97 Å². The molecule has 6 nitrogen and oxygen atoms in total. The van der Waals surface area contributed by atoms with Gasteiger partial charge < -0.3 is 18.8 Å². The van der Waals surface area contributed by atoms with E-state index in [0.29, 0.717) is 0 Å². The molecule has 2 aliphatic rings. The van der Waals surface area contributed by atoms with E-state index in [-0.39, 0.29) is 0 Å². The fourth-order valence-electron chi connectivity index (χ4n) is 16.7. The van der Waals surface area contributed by atoms with Crippen molar-refractivity contribution in [3.05, 3.63) is 358 Å². The summed E-state index contributed by atoms with van der Waals surface area (Å²) >= 11 is 0. The van der Waals surface area contributed by atoms with Crippen molar-refractivity contribution in [3.8, 4) is 106 Å². The molecule has 21 rings (SSSR count). The molecule has 0 radical (unpaired) electrons. The standard InChI is InChI=1S/C96H59N5O/c1-3-28-79-77(26-1)85-34-12-32-83-74(45-47-87(79)94(83)85)64-17-8-21-69(53-64)99(72-24-14-50-97-58-72)68-20-7-16-61(52-68)62-41-49-92-90(56-62)81-30-5-6-37-91(81)101(92)67-42-38-60(39-43-67)63-40-44-82-89-36-11-31-76(96(89)102-93(82)57-63)66-19-10-23-71(55-66)100(73-25-15-51-98-59-73)70-22-9-18-65(54-70)75-46-48-88-80-29-4-2-27-78(80)86-35-13-33-84(75)95(86)88/h1-59H. The van der Waals surface area contributed by atoms with Crippen molar-refractivity contribution in [2.75, 3.05) is 9.80 Å². The third kappa shape index (κ3) is 9.06. The summed E-state index contributed by atoms with van der Waals surface area (Å²) in [5.74, 6) is 0. The summed E-state index contributed by atoms with van der Waals surface area (Å²) in [6.45, 7) is 0. The summed E-state index contributed by atoms with van der Waals surface area (Å²) in [7, 11) is 0. The van der Waals surface area contributed by atoms with Gasteiger partial charge in [-0.25, -0.2) is 0 Å². The van der Waals surface area contributed by atoms with Crippen LogP contribution in [-0.2, 0) is 0 Å².